The van der Waals surface area contributed by atoms with E-state index in [9.17, 15) is 9.18 Å². The van der Waals surface area contributed by atoms with Crippen LogP contribution >= 0.6 is 0 Å². The summed E-state index contributed by atoms with van der Waals surface area (Å²) in [5.74, 6) is 1.27. The average molecular weight is 395 g/mol. The summed E-state index contributed by atoms with van der Waals surface area (Å²) in [6.45, 7) is 3.50. The van der Waals surface area contributed by atoms with E-state index in [1.807, 2.05) is 24.3 Å². The zero-order valence-corrected chi connectivity index (χ0v) is 16.5. The summed E-state index contributed by atoms with van der Waals surface area (Å²) in [7, 11) is 0. The Labute approximate surface area is 169 Å². The van der Waals surface area contributed by atoms with Crippen LogP contribution in [-0.2, 0) is 6.67 Å². The number of hydrogen-bond donors (Lipinski definition) is 1. The van der Waals surface area contributed by atoms with Crippen molar-refractivity contribution in [2.24, 2.45) is 0 Å². The standard InChI is InChI=1S/C23H26FN3O2/c24-16-18-6-4-7-20-21(18)23(28)26-22(25-20)17-8-10-19(11-9-17)29-15-5-14-27-12-2-1-3-13-27/h4,6-11H,1-3,5,12-16H2,(H,25,26,28). The van der Waals surface area contributed by atoms with Gasteiger partial charge in [0, 0.05) is 12.1 Å². The Morgan fingerprint density at radius 2 is 1.86 bits per heavy atom. The summed E-state index contributed by atoms with van der Waals surface area (Å²) in [6.07, 6.45) is 4.98. The first-order chi connectivity index (χ1) is 14.2. The molecule has 4 rings (SSSR count). The lowest BCUT2D eigenvalue weighted by molar-refractivity contribution is 0.205. The highest BCUT2D eigenvalue weighted by molar-refractivity contribution is 5.82. The molecule has 1 aliphatic rings. The Bertz CT molecular complexity index is 1010. The zero-order valence-electron chi connectivity index (χ0n) is 16.5. The molecule has 0 spiro atoms. The maximum Gasteiger partial charge on any atom is 0.259 e. The van der Waals surface area contributed by atoms with Gasteiger partial charge >= 0.3 is 0 Å². The van der Waals surface area contributed by atoms with Crippen LogP contribution in [0.15, 0.2) is 47.3 Å². The van der Waals surface area contributed by atoms with Crippen molar-refractivity contribution in [1.29, 1.82) is 0 Å². The number of nitrogens with one attached hydrogen (secondary N) is 1. The number of aromatic nitrogens is 2. The summed E-state index contributed by atoms with van der Waals surface area (Å²) >= 11 is 0. The zero-order chi connectivity index (χ0) is 20.1. The normalized spacial score (nSPS) is 14.9. The number of alkyl halides is 1. The molecule has 6 heteroatoms. The fraction of sp³-hybridized carbons (Fsp3) is 0.391. The quantitative estimate of drug-likeness (QED) is 0.606. The predicted octanol–water partition coefficient (Wildman–Crippen LogP) is 4.31. The van der Waals surface area contributed by atoms with E-state index < -0.39 is 6.67 Å². The van der Waals surface area contributed by atoms with E-state index in [1.165, 1.54) is 32.4 Å². The number of H-pyrrole nitrogens is 1. The van der Waals surface area contributed by atoms with Crippen LogP contribution in [0.2, 0.25) is 0 Å². The van der Waals surface area contributed by atoms with Gasteiger partial charge in [-0.05, 0) is 68.2 Å². The number of halogens is 1. The van der Waals surface area contributed by atoms with Gasteiger partial charge in [-0.25, -0.2) is 9.37 Å². The minimum atomic E-state index is -0.689. The number of fused-ring (bicyclic) bond motifs is 1. The highest BCUT2D eigenvalue weighted by Gasteiger charge is 2.11. The molecule has 0 amide bonds. The van der Waals surface area contributed by atoms with Crippen molar-refractivity contribution in [3.8, 4) is 17.1 Å². The minimum absolute atomic E-state index is 0.312. The summed E-state index contributed by atoms with van der Waals surface area (Å²) in [5.41, 5.74) is 1.32. The first-order valence-electron chi connectivity index (χ1n) is 10.3. The van der Waals surface area contributed by atoms with Gasteiger partial charge in [0.25, 0.3) is 5.56 Å². The smallest absolute Gasteiger partial charge is 0.259 e. The Kier molecular flexibility index (Phi) is 6.20. The molecule has 1 aliphatic heterocycles. The maximum atomic E-state index is 13.1. The molecule has 0 aliphatic carbocycles. The molecular formula is C23H26FN3O2. The second kappa shape index (κ2) is 9.18. The SMILES string of the molecule is O=c1[nH]c(-c2ccc(OCCCN3CCCCC3)cc2)nc2cccc(CF)c12. The van der Waals surface area contributed by atoms with E-state index in [0.29, 0.717) is 28.9 Å². The number of hydrogen-bond acceptors (Lipinski definition) is 4. The third-order valence-corrected chi connectivity index (χ3v) is 5.43. The van der Waals surface area contributed by atoms with Gasteiger partial charge in [0.1, 0.15) is 18.2 Å². The monoisotopic (exact) mass is 395 g/mol. The van der Waals surface area contributed by atoms with Crippen LogP contribution < -0.4 is 10.3 Å². The Morgan fingerprint density at radius 1 is 1.07 bits per heavy atom. The molecule has 0 saturated carbocycles. The Hall–Kier alpha value is -2.73. The summed E-state index contributed by atoms with van der Waals surface area (Å²) in [6, 6.07) is 12.6. The molecule has 1 fully saturated rings. The van der Waals surface area contributed by atoms with Crippen molar-refractivity contribution in [3.05, 3.63) is 58.4 Å². The fourth-order valence-corrected chi connectivity index (χ4v) is 3.88. The number of benzene rings is 2. The lowest BCUT2D eigenvalue weighted by atomic mass is 10.1. The molecule has 29 heavy (non-hydrogen) atoms. The van der Waals surface area contributed by atoms with Gasteiger partial charge in [-0.1, -0.05) is 18.6 Å². The summed E-state index contributed by atoms with van der Waals surface area (Å²) < 4.78 is 19.0. The topological polar surface area (TPSA) is 58.2 Å². The second-order valence-corrected chi connectivity index (χ2v) is 7.49. The largest absolute Gasteiger partial charge is 0.494 e. The Balaban J connectivity index is 1.40. The molecule has 2 aromatic carbocycles. The van der Waals surface area contributed by atoms with E-state index in [2.05, 4.69) is 14.9 Å². The molecule has 2 heterocycles. The summed E-state index contributed by atoms with van der Waals surface area (Å²) in [5, 5.41) is 0.312. The third-order valence-electron chi connectivity index (χ3n) is 5.43. The fourth-order valence-electron chi connectivity index (χ4n) is 3.88. The van der Waals surface area contributed by atoms with E-state index in [-0.39, 0.29) is 5.56 Å². The molecule has 152 valence electrons. The molecule has 1 saturated heterocycles. The van der Waals surface area contributed by atoms with Crippen molar-refractivity contribution in [2.45, 2.75) is 32.4 Å². The van der Waals surface area contributed by atoms with E-state index in [1.54, 1.807) is 18.2 Å². The molecule has 1 aromatic heterocycles. The average Bonchev–Trinajstić information content (AvgIpc) is 2.77. The number of rotatable bonds is 7. The first-order valence-corrected chi connectivity index (χ1v) is 10.3. The highest BCUT2D eigenvalue weighted by Crippen LogP contribution is 2.21. The van der Waals surface area contributed by atoms with Gasteiger partial charge in [-0.3, -0.25) is 4.79 Å². The number of aromatic amines is 1. The predicted molar refractivity (Wildman–Crippen MR) is 113 cm³/mol. The van der Waals surface area contributed by atoms with Gasteiger partial charge in [-0.15, -0.1) is 0 Å². The Morgan fingerprint density at radius 3 is 2.62 bits per heavy atom. The van der Waals surface area contributed by atoms with Gasteiger partial charge in [0.2, 0.25) is 0 Å². The van der Waals surface area contributed by atoms with Gasteiger partial charge in [0.15, 0.2) is 0 Å². The van der Waals surface area contributed by atoms with Crippen LogP contribution in [0, 0.1) is 0 Å². The van der Waals surface area contributed by atoms with Crippen LogP contribution in [0.1, 0.15) is 31.2 Å². The number of piperidine rings is 1. The van der Waals surface area contributed by atoms with Gasteiger partial charge in [0.05, 0.1) is 17.5 Å². The van der Waals surface area contributed by atoms with Crippen LogP contribution in [0.5, 0.6) is 5.75 Å². The van der Waals surface area contributed by atoms with Crippen LogP contribution in [-0.4, -0.2) is 41.1 Å². The molecule has 0 unspecified atom stereocenters. The highest BCUT2D eigenvalue weighted by atomic mass is 19.1. The van der Waals surface area contributed by atoms with Gasteiger partial charge in [-0.2, -0.15) is 0 Å². The molecule has 0 bridgehead atoms. The molecule has 0 atom stereocenters. The second-order valence-electron chi connectivity index (χ2n) is 7.49. The maximum absolute atomic E-state index is 13.1. The third kappa shape index (κ3) is 4.65. The summed E-state index contributed by atoms with van der Waals surface area (Å²) in [4.78, 5) is 22.2. The number of nitrogens with zero attached hydrogens (tertiary/aromatic N) is 2. The van der Waals surface area contributed by atoms with Crippen LogP contribution in [0.25, 0.3) is 22.3 Å². The van der Waals surface area contributed by atoms with E-state index in [4.69, 9.17) is 4.74 Å². The number of ether oxygens (including phenoxy) is 1. The van der Waals surface area contributed by atoms with E-state index in [0.717, 1.165) is 24.3 Å². The van der Waals surface area contributed by atoms with Crippen molar-refractivity contribution in [1.82, 2.24) is 14.9 Å². The molecule has 5 nitrogen and oxygen atoms in total. The van der Waals surface area contributed by atoms with Crippen molar-refractivity contribution < 1.29 is 9.13 Å². The van der Waals surface area contributed by atoms with E-state index >= 15 is 0 Å². The first kappa shape index (κ1) is 19.6. The lowest BCUT2D eigenvalue weighted by Crippen LogP contribution is -2.31. The van der Waals surface area contributed by atoms with Gasteiger partial charge < -0.3 is 14.6 Å². The van der Waals surface area contributed by atoms with Crippen molar-refractivity contribution >= 4 is 10.9 Å². The molecule has 1 N–H and O–H groups in total. The van der Waals surface area contributed by atoms with Crippen LogP contribution in [0.4, 0.5) is 4.39 Å². The van der Waals surface area contributed by atoms with Crippen molar-refractivity contribution in [2.75, 3.05) is 26.2 Å². The van der Waals surface area contributed by atoms with Crippen molar-refractivity contribution in [3.63, 3.8) is 0 Å². The number of likely N-dealkylation sites (tertiary alicyclic amines) is 1. The lowest BCUT2D eigenvalue weighted by Gasteiger charge is -2.26. The molecule has 3 aromatic rings. The van der Waals surface area contributed by atoms with Crippen LogP contribution in [0.3, 0.4) is 0 Å². The molecular weight excluding hydrogens is 369 g/mol. The minimum Gasteiger partial charge on any atom is -0.494 e. The molecule has 0 radical (unpaired) electrons.